The minimum absolute atomic E-state index is 0.435. The Kier molecular flexibility index (Phi) is 3.05. The number of primary amides is 1. The molecule has 0 aliphatic rings. The van der Waals surface area contributed by atoms with Crippen molar-refractivity contribution in [2.75, 3.05) is 0 Å². The minimum Gasteiger partial charge on any atom is -0.366 e. The maximum Gasteiger partial charge on any atom is 0.241 e. The molecule has 1 aromatic rings. The lowest BCUT2D eigenvalue weighted by Crippen LogP contribution is -2.04. The summed E-state index contributed by atoms with van der Waals surface area (Å²) in [5, 5.41) is 0. The molecule has 12 heavy (non-hydrogen) atoms. The average Bonchev–Trinajstić information content (AvgIpc) is 2.01. The van der Waals surface area contributed by atoms with Gasteiger partial charge in [-0.05, 0) is 23.8 Å². The van der Waals surface area contributed by atoms with E-state index in [2.05, 4.69) is 15.9 Å². The number of nitrogens with two attached hydrogens (primary N) is 1. The van der Waals surface area contributed by atoms with E-state index in [4.69, 9.17) is 5.73 Å². The fourth-order valence-electron chi connectivity index (χ4n) is 0.789. The van der Waals surface area contributed by atoms with Crippen LogP contribution in [-0.4, -0.2) is 5.91 Å². The predicted molar refractivity (Wildman–Crippen MR) is 52.4 cm³/mol. The molecule has 0 saturated heterocycles. The number of hydrogen-bond donors (Lipinski definition) is 1. The van der Waals surface area contributed by atoms with Crippen molar-refractivity contribution in [1.82, 2.24) is 0 Å². The highest BCUT2D eigenvalue weighted by molar-refractivity contribution is 9.10. The van der Waals surface area contributed by atoms with Crippen LogP contribution in [0.3, 0.4) is 0 Å². The van der Waals surface area contributed by atoms with Gasteiger partial charge in [0.1, 0.15) is 0 Å². The molecule has 0 heterocycles. The van der Waals surface area contributed by atoms with Gasteiger partial charge >= 0.3 is 0 Å². The summed E-state index contributed by atoms with van der Waals surface area (Å²) in [4.78, 5) is 10.4. The van der Waals surface area contributed by atoms with Crippen LogP contribution in [0.5, 0.6) is 0 Å². The standard InChI is InChI=1S/C9H8BrNO/c10-8-3-1-2-7(6-8)4-5-9(11)12/h1-6H,(H2,11,12). The van der Waals surface area contributed by atoms with Gasteiger partial charge in [0.25, 0.3) is 0 Å². The summed E-state index contributed by atoms with van der Waals surface area (Å²) >= 11 is 3.32. The van der Waals surface area contributed by atoms with E-state index in [1.165, 1.54) is 6.08 Å². The molecule has 0 aromatic heterocycles. The Labute approximate surface area is 79.2 Å². The zero-order chi connectivity index (χ0) is 8.97. The number of benzene rings is 1. The molecule has 3 heteroatoms. The van der Waals surface area contributed by atoms with E-state index in [0.29, 0.717) is 0 Å². The van der Waals surface area contributed by atoms with Crippen LogP contribution in [0.4, 0.5) is 0 Å². The maximum absolute atomic E-state index is 10.4. The van der Waals surface area contributed by atoms with Crippen molar-refractivity contribution < 1.29 is 4.79 Å². The molecule has 2 N–H and O–H groups in total. The monoisotopic (exact) mass is 225 g/mol. The van der Waals surface area contributed by atoms with Gasteiger partial charge in [-0.2, -0.15) is 0 Å². The topological polar surface area (TPSA) is 43.1 Å². The van der Waals surface area contributed by atoms with Crippen LogP contribution in [0.15, 0.2) is 34.8 Å². The second kappa shape index (κ2) is 4.07. The average molecular weight is 226 g/mol. The normalized spacial score (nSPS) is 10.4. The molecule has 1 amide bonds. The smallest absolute Gasteiger partial charge is 0.241 e. The van der Waals surface area contributed by atoms with Crippen LogP contribution in [0.2, 0.25) is 0 Å². The van der Waals surface area contributed by atoms with Crippen LogP contribution in [0.25, 0.3) is 6.08 Å². The second-order valence-electron chi connectivity index (χ2n) is 2.29. The first-order valence-corrected chi connectivity index (χ1v) is 4.21. The van der Waals surface area contributed by atoms with Gasteiger partial charge in [-0.15, -0.1) is 0 Å². The molecule has 0 aliphatic heterocycles. The lowest BCUT2D eigenvalue weighted by Gasteiger charge is -1.92. The van der Waals surface area contributed by atoms with Crippen molar-refractivity contribution in [2.24, 2.45) is 5.73 Å². The number of carbonyl (C=O) groups excluding carboxylic acids is 1. The Morgan fingerprint density at radius 1 is 1.50 bits per heavy atom. The molecule has 2 nitrogen and oxygen atoms in total. The Morgan fingerprint density at radius 3 is 2.83 bits per heavy atom. The molecular formula is C9H8BrNO. The van der Waals surface area contributed by atoms with E-state index in [9.17, 15) is 4.79 Å². The van der Waals surface area contributed by atoms with Crippen molar-refractivity contribution in [2.45, 2.75) is 0 Å². The Morgan fingerprint density at radius 2 is 2.25 bits per heavy atom. The molecular weight excluding hydrogens is 218 g/mol. The van der Waals surface area contributed by atoms with Crippen molar-refractivity contribution in [1.29, 1.82) is 0 Å². The van der Waals surface area contributed by atoms with Gasteiger partial charge in [0.05, 0.1) is 0 Å². The van der Waals surface area contributed by atoms with Crippen LogP contribution >= 0.6 is 15.9 Å². The first-order valence-electron chi connectivity index (χ1n) is 3.41. The van der Waals surface area contributed by atoms with Gasteiger partial charge < -0.3 is 5.73 Å². The van der Waals surface area contributed by atoms with Gasteiger partial charge in [0, 0.05) is 10.5 Å². The molecule has 0 atom stereocenters. The van der Waals surface area contributed by atoms with Crippen molar-refractivity contribution in [3.8, 4) is 0 Å². The Bertz CT molecular complexity index is 320. The van der Waals surface area contributed by atoms with Crippen LogP contribution < -0.4 is 5.73 Å². The van der Waals surface area contributed by atoms with Crippen molar-refractivity contribution in [3.05, 3.63) is 40.4 Å². The van der Waals surface area contributed by atoms with E-state index in [1.807, 2.05) is 24.3 Å². The molecule has 0 fully saturated rings. The summed E-state index contributed by atoms with van der Waals surface area (Å²) in [5.74, 6) is -0.435. The number of rotatable bonds is 2. The molecule has 0 saturated carbocycles. The highest BCUT2D eigenvalue weighted by atomic mass is 79.9. The SMILES string of the molecule is NC(=O)C=Cc1cccc(Br)c1. The van der Waals surface area contributed by atoms with E-state index in [-0.39, 0.29) is 0 Å². The number of hydrogen-bond acceptors (Lipinski definition) is 1. The van der Waals surface area contributed by atoms with Crippen LogP contribution in [-0.2, 0) is 4.79 Å². The lowest BCUT2D eigenvalue weighted by atomic mass is 10.2. The van der Waals surface area contributed by atoms with E-state index in [0.717, 1.165) is 10.0 Å². The van der Waals surface area contributed by atoms with Crippen molar-refractivity contribution >= 4 is 27.9 Å². The highest BCUT2D eigenvalue weighted by Gasteiger charge is 1.88. The number of carbonyl (C=O) groups is 1. The Hall–Kier alpha value is -1.09. The third kappa shape index (κ3) is 2.88. The predicted octanol–water partition coefficient (Wildman–Crippen LogP) is 1.95. The van der Waals surface area contributed by atoms with Crippen LogP contribution in [0, 0.1) is 0 Å². The van der Waals surface area contributed by atoms with Gasteiger partial charge in [-0.1, -0.05) is 28.1 Å². The zero-order valence-corrected chi connectivity index (χ0v) is 7.91. The van der Waals surface area contributed by atoms with E-state index >= 15 is 0 Å². The summed E-state index contributed by atoms with van der Waals surface area (Å²) in [5.41, 5.74) is 5.89. The van der Waals surface area contributed by atoms with E-state index in [1.54, 1.807) is 6.08 Å². The summed E-state index contributed by atoms with van der Waals surface area (Å²) in [6.07, 6.45) is 3.01. The first kappa shape index (κ1) is 9.00. The summed E-state index contributed by atoms with van der Waals surface area (Å²) in [6.45, 7) is 0. The van der Waals surface area contributed by atoms with Gasteiger partial charge in [0.2, 0.25) is 5.91 Å². The molecule has 0 radical (unpaired) electrons. The maximum atomic E-state index is 10.4. The van der Waals surface area contributed by atoms with Gasteiger partial charge in [-0.25, -0.2) is 0 Å². The zero-order valence-electron chi connectivity index (χ0n) is 6.33. The van der Waals surface area contributed by atoms with E-state index < -0.39 is 5.91 Å². The largest absolute Gasteiger partial charge is 0.366 e. The number of halogens is 1. The van der Waals surface area contributed by atoms with Crippen molar-refractivity contribution in [3.63, 3.8) is 0 Å². The Balaban J connectivity index is 2.83. The molecule has 62 valence electrons. The summed E-state index contributed by atoms with van der Waals surface area (Å²) in [7, 11) is 0. The molecule has 1 rings (SSSR count). The molecule has 0 unspecified atom stereocenters. The fourth-order valence-corrected chi connectivity index (χ4v) is 1.21. The lowest BCUT2D eigenvalue weighted by molar-refractivity contribution is -0.113. The quantitative estimate of drug-likeness (QED) is 0.769. The number of amides is 1. The molecule has 0 aliphatic carbocycles. The third-order valence-corrected chi connectivity index (χ3v) is 1.78. The first-order chi connectivity index (χ1) is 5.68. The summed E-state index contributed by atoms with van der Waals surface area (Å²) < 4.78 is 0.981. The molecule has 1 aromatic carbocycles. The highest BCUT2D eigenvalue weighted by Crippen LogP contribution is 2.12. The summed E-state index contributed by atoms with van der Waals surface area (Å²) in [6, 6.07) is 7.61. The molecule has 0 bridgehead atoms. The van der Waals surface area contributed by atoms with Gasteiger partial charge in [0.15, 0.2) is 0 Å². The fraction of sp³-hybridized carbons (Fsp3) is 0. The third-order valence-electron chi connectivity index (χ3n) is 1.29. The van der Waals surface area contributed by atoms with Crippen LogP contribution in [0.1, 0.15) is 5.56 Å². The van der Waals surface area contributed by atoms with Gasteiger partial charge in [-0.3, -0.25) is 4.79 Å². The molecule has 0 spiro atoms. The minimum atomic E-state index is -0.435. The second-order valence-corrected chi connectivity index (χ2v) is 3.21.